The molecule has 0 bridgehead atoms. The summed E-state index contributed by atoms with van der Waals surface area (Å²) in [6, 6.07) is 6.78. The molecule has 1 aliphatic rings. The van der Waals surface area contributed by atoms with E-state index in [4.69, 9.17) is 0 Å². The van der Waals surface area contributed by atoms with E-state index in [1.165, 1.54) is 29.8 Å². The summed E-state index contributed by atoms with van der Waals surface area (Å²) in [6.45, 7) is 12.3. The summed E-state index contributed by atoms with van der Waals surface area (Å²) in [5.41, 5.74) is 4.25. The summed E-state index contributed by atoms with van der Waals surface area (Å²) in [5, 5.41) is 0. The first kappa shape index (κ1) is 15.3. The monoisotopic (exact) mass is 298 g/mol. The van der Waals surface area contributed by atoms with Gasteiger partial charge in [-0.25, -0.2) is 4.98 Å². The smallest absolute Gasteiger partial charge is 0.0946 e. The number of imidazole rings is 1. The molecule has 0 saturated carbocycles. The quantitative estimate of drug-likeness (QED) is 0.846. The van der Waals surface area contributed by atoms with E-state index >= 15 is 0 Å². The average molecular weight is 298 g/mol. The zero-order chi connectivity index (χ0) is 15.4. The number of rotatable bonds is 5. The van der Waals surface area contributed by atoms with Gasteiger partial charge in [-0.05, 0) is 25.0 Å². The van der Waals surface area contributed by atoms with Gasteiger partial charge in [-0.15, -0.1) is 0 Å². The van der Waals surface area contributed by atoms with Crippen molar-refractivity contribution in [1.82, 2.24) is 19.4 Å². The molecule has 1 saturated heterocycles. The SMILES string of the molecule is Cc1ccc(C)c(CN2CCN(CCn3ccnc3)CC2)c1. The molecule has 1 aromatic carbocycles. The van der Waals surface area contributed by atoms with Gasteiger partial charge in [-0.1, -0.05) is 23.8 Å². The van der Waals surface area contributed by atoms with Gasteiger partial charge in [0.15, 0.2) is 0 Å². The maximum absolute atomic E-state index is 4.10. The first-order chi connectivity index (χ1) is 10.7. The molecule has 0 amide bonds. The molecule has 4 nitrogen and oxygen atoms in total. The van der Waals surface area contributed by atoms with Crippen LogP contribution in [0.2, 0.25) is 0 Å². The fraction of sp³-hybridized carbons (Fsp3) is 0.500. The molecule has 0 unspecified atom stereocenters. The first-order valence-corrected chi connectivity index (χ1v) is 8.17. The topological polar surface area (TPSA) is 24.3 Å². The third-order valence-corrected chi connectivity index (χ3v) is 4.60. The summed E-state index contributed by atoms with van der Waals surface area (Å²) in [4.78, 5) is 9.23. The predicted molar refractivity (Wildman–Crippen MR) is 89.9 cm³/mol. The van der Waals surface area contributed by atoms with Gasteiger partial charge in [-0.3, -0.25) is 9.80 Å². The van der Waals surface area contributed by atoms with Crippen LogP contribution in [-0.4, -0.2) is 52.1 Å². The molecule has 1 aromatic heterocycles. The zero-order valence-corrected chi connectivity index (χ0v) is 13.7. The Labute approximate surface area is 133 Å². The number of hydrogen-bond acceptors (Lipinski definition) is 3. The van der Waals surface area contributed by atoms with E-state index in [0.29, 0.717) is 0 Å². The Kier molecular flexibility index (Phi) is 4.90. The predicted octanol–water partition coefficient (Wildman–Crippen LogP) is 2.32. The van der Waals surface area contributed by atoms with Crippen LogP contribution in [-0.2, 0) is 13.1 Å². The van der Waals surface area contributed by atoms with Crippen LogP contribution < -0.4 is 0 Å². The van der Waals surface area contributed by atoms with Gasteiger partial charge in [0, 0.05) is 58.2 Å². The lowest BCUT2D eigenvalue weighted by Gasteiger charge is -2.35. The van der Waals surface area contributed by atoms with Crippen molar-refractivity contribution in [3.63, 3.8) is 0 Å². The minimum atomic E-state index is 1.04. The Morgan fingerprint density at radius 2 is 1.77 bits per heavy atom. The van der Waals surface area contributed by atoms with E-state index < -0.39 is 0 Å². The maximum Gasteiger partial charge on any atom is 0.0946 e. The van der Waals surface area contributed by atoms with Gasteiger partial charge in [0.1, 0.15) is 0 Å². The van der Waals surface area contributed by atoms with Crippen molar-refractivity contribution in [1.29, 1.82) is 0 Å². The van der Waals surface area contributed by atoms with Crippen molar-refractivity contribution in [3.05, 3.63) is 53.6 Å². The van der Waals surface area contributed by atoms with Crippen molar-refractivity contribution in [3.8, 4) is 0 Å². The van der Waals surface area contributed by atoms with Crippen molar-refractivity contribution < 1.29 is 0 Å². The summed E-state index contributed by atoms with van der Waals surface area (Å²) in [5.74, 6) is 0. The van der Waals surface area contributed by atoms with Crippen LogP contribution in [0.3, 0.4) is 0 Å². The third kappa shape index (κ3) is 3.96. The Hall–Kier alpha value is -1.65. The van der Waals surface area contributed by atoms with Gasteiger partial charge < -0.3 is 4.57 Å². The van der Waals surface area contributed by atoms with Crippen LogP contribution in [0.4, 0.5) is 0 Å². The number of piperazine rings is 1. The molecule has 2 heterocycles. The van der Waals surface area contributed by atoms with Crippen LogP contribution in [0.15, 0.2) is 36.9 Å². The largest absolute Gasteiger partial charge is 0.336 e. The highest BCUT2D eigenvalue weighted by Gasteiger charge is 2.17. The third-order valence-electron chi connectivity index (χ3n) is 4.60. The van der Waals surface area contributed by atoms with E-state index in [9.17, 15) is 0 Å². The molecular weight excluding hydrogens is 272 g/mol. The van der Waals surface area contributed by atoms with Crippen LogP contribution in [0.5, 0.6) is 0 Å². The normalized spacial score (nSPS) is 17.0. The summed E-state index contributed by atoms with van der Waals surface area (Å²) in [7, 11) is 0. The molecule has 2 aromatic rings. The van der Waals surface area contributed by atoms with Crippen LogP contribution in [0.25, 0.3) is 0 Å². The second-order valence-electron chi connectivity index (χ2n) is 6.35. The molecule has 0 spiro atoms. The van der Waals surface area contributed by atoms with E-state index in [2.05, 4.69) is 51.4 Å². The van der Waals surface area contributed by atoms with Crippen LogP contribution >= 0.6 is 0 Å². The Bertz CT molecular complexity index is 583. The van der Waals surface area contributed by atoms with E-state index in [1.807, 2.05) is 18.7 Å². The van der Waals surface area contributed by atoms with Gasteiger partial charge in [0.25, 0.3) is 0 Å². The molecule has 0 N–H and O–H groups in total. The second-order valence-corrected chi connectivity index (χ2v) is 6.35. The average Bonchev–Trinajstić information content (AvgIpc) is 3.04. The minimum Gasteiger partial charge on any atom is -0.336 e. The first-order valence-electron chi connectivity index (χ1n) is 8.17. The van der Waals surface area contributed by atoms with Gasteiger partial charge >= 0.3 is 0 Å². The Morgan fingerprint density at radius 1 is 1.00 bits per heavy atom. The lowest BCUT2D eigenvalue weighted by atomic mass is 10.0. The summed E-state index contributed by atoms with van der Waals surface area (Å²) in [6.07, 6.45) is 5.79. The van der Waals surface area contributed by atoms with Gasteiger partial charge in [0.2, 0.25) is 0 Å². The van der Waals surface area contributed by atoms with Crippen molar-refractivity contribution in [2.24, 2.45) is 0 Å². The van der Waals surface area contributed by atoms with Crippen LogP contribution in [0.1, 0.15) is 16.7 Å². The van der Waals surface area contributed by atoms with E-state index in [0.717, 1.165) is 32.7 Å². The molecule has 1 fully saturated rings. The number of hydrogen-bond donors (Lipinski definition) is 0. The molecule has 4 heteroatoms. The standard InChI is InChI=1S/C18H26N4/c1-16-3-4-17(2)18(13-16)14-21-10-7-20(8-11-21)9-12-22-6-5-19-15-22/h3-6,13,15H,7-12,14H2,1-2H3. The Balaban J connectivity index is 1.46. The second kappa shape index (κ2) is 7.07. The number of aryl methyl sites for hydroxylation is 2. The number of aromatic nitrogens is 2. The highest BCUT2D eigenvalue weighted by molar-refractivity contribution is 5.30. The molecular formula is C18H26N4. The fourth-order valence-corrected chi connectivity index (χ4v) is 3.06. The van der Waals surface area contributed by atoms with E-state index in [1.54, 1.807) is 0 Å². The molecule has 0 radical (unpaired) electrons. The number of benzene rings is 1. The minimum absolute atomic E-state index is 1.04. The number of nitrogens with zero attached hydrogens (tertiary/aromatic N) is 4. The van der Waals surface area contributed by atoms with Crippen molar-refractivity contribution >= 4 is 0 Å². The lowest BCUT2D eigenvalue weighted by molar-refractivity contribution is 0.124. The summed E-state index contributed by atoms with van der Waals surface area (Å²) < 4.78 is 2.16. The van der Waals surface area contributed by atoms with Gasteiger partial charge in [-0.2, -0.15) is 0 Å². The van der Waals surface area contributed by atoms with Crippen molar-refractivity contribution in [2.75, 3.05) is 32.7 Å². The van der Waals surface area contributed by atoms with Gasteiger partial charge in [0.05, 0.1) is 6.33 Å². The highest BCUT2D eigenvalue weighted by atomic mass is 15.3. The molecule has 1 aliphatic heterocycles. The molecule has 118 valence electrons. The van der Waals surface area contributed by atoms with E-state index in [-0.39, 0.29) is 0 Å². The molecule has 3 rings (SSSR count). The molecule has 0 aliphatic carbocycles. The molecule has 0 atom stereocenters. The van der Waals surface area contributed by atoms with Crippen molar-refractivity contribution in [2.45, 2.75) is 26.9 Å². The Morgan fingerprint density at radius 3 is 2.50 bits per heavy atom. The molecule has 22 heavy (non-hydrogen) atoms. The lowest BCUT2D eigenvalue weighted by Crippen LogP contribution is -2.46. The fourth-order valence-electron chi connectivity index (χ4n) is 3.06. The zero-order valence-electron chi connectivity index (χ0n) is 13.7. The maximum atomic E-state index is 4.10. The highest BCUT2D eigenvalue weighted by Crippen LogP contribution is 2.14. The van der Waals surface area contributed by atoms with Crippen LogP contribution in [0, 0.1) is 13.8 Å². The summed E-state index contributed by atoms with van der Waals surface area (Å²) >= 11 is 0.